The SMILES string of the molecule is CC(=O)OCC[C@H]1[C@@]2(CO2)C[C@H](OC(C)=O)[C@H]2C(C)(C)CCC[C@@]21C. The van der Waals surface area contributed by atoms with Crippen LogP contribution in [0.15, 0.2) is 0 Å². The van der Waals surface area contributed by atoms with Crippen molar-refractivity contribution in [1.82, 2.24) is 0 Å². The average Bonchev–Trinajstić information content (AvgIpc) is 3.20. The van der Waals surface area contributed by atoms with Crippen molar-refractivity contribution in [3.63, 3.8) is 0 Å². The minimum atomic E-state index is -0.231. The van der Waals surface area contributed by atoms with E-state index in [1.54, 1.807) is 0 Å². The lowest BCUT2D eigenvalue weighted by Crippen LogP contribution is -2.61. The fraction of sp³-hybridized carbons (Fsp3) is 0.900. The second-order valence-corrected chi connectivity index (χ2v) is 9.21. The van der Waals surface area contributed by atoms with Gasteiger partial charge in [-0.15, -0.1) is 0 Å². The molecule has 5 nitrogen and oxygen atoms in total. The van der Waals surface area contributed by atoms with Gasteiger partial charge in [0.2, 0.25) is 0 Å². The number of hydrogen-bond donors (Lipinski definition) is 0. The van der Waals surface area contributed by atoms with Crippen LogP contribution in [-0.4, -0.2) is 36.9 Å². The standard InChI is InChI=1S/C20H32O5/c1-13(21)23-10-7-16-19(5)9-6-8-18(3,4)17(19)15(25-14(2)22)11-20(16)12-24-20/h15-17H,6-12H2,1-5H3/t15-,16+,17-,19+,20-/m0/s1. The van der Waals surface area contributed by atoms with Gasteiger partial charge in [-0.2, -0.15) is 0 Å². The van der Waals surface area contributed by atoms with Gasteiger partial charge in [-0.1, -0.05) is 27.2 Å². The monoisotopic (exact) mass is 352 g/mol. The second kappa shape index (κ2) is 6.26. The third-order valence-electron chi connectivity index (χ3n) is 6.98. The number of carbonyl (C=O) groups is 2. The molecule has 3 aliphatic rings. The molecule has 5 atom stereocenters. The van der Waals surface area contributed by atoms with Gasteiger partial charge < -0.3 is 14.2 Å². The predicted molar refractivity (Wildman–Crippen MR) is 92.8 cm³/mol. The summed E-state index contributed by atoms with van der Waals surface area (Å²) in [5, 5.41) is 0. The maximum atomic E-state index is 11.7. The molecule has 3 rings (SSSR count). The number of carbonyl (C=O) groups excluding carboxylic acids is 2. The first-order chi connectivity index (χ1) is 11.6. The first kappa shape index (κ1) is 18.7. The van der Waals surface area contributed by atoms with E-state index in [1.165, 1.54) is 20.3 Å². The topological polar surface area (TPSA) is 65.1 Å². The minimum Gasteiger partial charge on any atom is -0.466 e. The molecule has 0 N–H and O–H groups in total. The lowest BCUT2D eigenvalue weighted by Gasteiger charge is -2.61. The summed E-state index contributed by atoms with van der Waals surface area (Å²) in [6, 6.07) is 0. The van der Waals surface area contributed by atoms with Gasteiger partial charge in [0, 0.05) is 26.2 Å². The van der Waals surface area contributed by atoms with E-state index in [9.17, 15) is 9.59 Å². The van der Waals surface area contributed by atoms with Gasteiger partial charge in [-0.25, -0.2) is 0 Å². The fourth-order valence-corrected chi connectivity index (χ4v) is 6.30. The molecule has 25 heavy (non-hydrogen) atoms. The normalized spacial score (nSPS) is 41.7. The molecule has 5 heteroatoms. The van der Waals surface area contributed by atoms with Crippen LogP contribution in [-0.2, 0) is 23.8 Å². The van der Waals surface area contributed by atoms with E-state index < -0.39 is 0 Å². The lowest BCUT2D eigenvalue weighted by molar-refractivity contribution is -0.193. The summed E-state index contributed by atoms with van der Waals surface area (Å²) in [5.74, 6) is 0.193. The van der Waals surface area contributed by atoms with Gasteiger partial charge in [-0.3, -0.25) is 9.59 Å². The zero-order valence-corrected chi connectivity index (χ0v) is 16.2. The molecule has 1 saturated heterocycles. The number of esters is 2. The molecule has 0 amide bonds. The Bertz CT molecular complexity index is 550. The quantitative estimate of drug-likeness (QED) is 0.572. The maximum Gasteiger partial charge on any atom is 0.302 e. The van der Waals surface area contributed by atoms with Crippen molar-refractivity contribution in [3.05, 3.63) is 0 Å². The van der Waals surface area contributed by atoms with E-state index >= 15 is 0 Å². The van der Waals surface area contributed by atoms with Gasteiger partial charge in [0.05, 0.1) is 18.8 Å². The van der Waals surface area contributed by atoms with Crippen LogP contribution < -0.4 is 0 Å². The molecule has 0 radical (unpaired) electrons. The predicted octanol–water partition coefficient (Wildman–Crippen LogP) is 3.49. The van der Waals surface area contributed by atoms with Gasteiger partial charge >= 0.3 is 11.9 Å². The third-order valence-corrected chi connectivity index (χ3v) is 6.98. The number of rotatable bonds is 4. The summed E-state index contributed by atoms with van der Waals surface area (Å²) in [5.41, 5.74) is -0.0704. The van der Waals surface area contributed by atoms with Crippen LogP contribution in [0.5, 0.6) is 0 Å². The van der Waals surface area contributed by atoms with Crippen LogP contribution in [0.1, 0.15) is 66.7 Å². The molecule has 0 unspecified atom stereocenters. The van der Waals surface area contributed by atoms with E-state index in [1.807, 2.05) is 0 Å². The second-order valence-electron chi connectivity index (χ2n) is 9.21. The van der Waals surface area contributed by atoms with Crippen LogP contribution in [0.2, 0.25) is 0 Å². The van der Waals surface area contributed by atoms with E-state index in [0.29, 0.717) is 18.4 Å². The van der Waals surface area contributed by atoms with Crippen molar-refractivity contribution in [2.75, 3.05) is 13.2 Å². The smallest absolute Gasteiger partial charge is 0.302 e. The van der Waals surface area contributed by atoms with Crippen molar-refractivity contribution in [2.24, 2.45) is 22.7 Å². The first-order valence-electron chi connectivity index (χ1n) is 9.55. The van der Waals surface area contributed by atoms with Crippen LogP contribution in [0, 0.1) is 22.7 Å². The fourth-order valence-electron chi connectivity index (χ4n) is 6.30. The van der Waals surface area contributed by atoms with Crippen molar-refractivity contribution in [3.8, 4) is 0 Å². The van der Waals surface area contributed by atoms with Gasteiger partial charge in [0.1, 0.15) is 6.10 Å². The minimum absolute atomic E-state index is 0.0246. The molecular weight excluding hydrogens is 320 g/mol. The summed E-state index contributed by atoms with van der Waals surface area (Å²) in [4.78, 5) is 22.9. The number of epoxide rings is 1. The number of ether oxygens (including phenoxy) is 3. The number of fused-ring (bicyclic) bond motifs is 1. The highest BCUT2D eigenvalue weighted by molar-refractivity contribution is 5.66. The summed E-state index contributed by atoms with van der Waals surface area (Å²) in [7, 11) is 0. The maximum absolute atomic E-state index is 11.7. The Morgan fingerprint density at radius 3 is 2.36 bits per heavy atom. The largest absolute Gasteiger partial charge is 0.466 e. The average molecular weight is 352 g/mol. The van der Waals surface area contributed by atoms with Crippen LogP contribution >= 0.6 is 0 Å². The Labute approximate surface area is 150 Å². The Hall–Kier alpha value is -1.10. The van der Waals surface area contributed by atoms with Crippen LogP contribution in [0.4, 0.5) is 0 Å². The molecule has 0 aromatic rings. The van der Waals surface area contributed by atoms with Crippen LogP contribution in [0.3, 0.4) is 0 Å². The highest BCUT2D eigenvalue weighted by atomic mass is 16.6. The molecule has 2 saturated carbocycles. The molecule has 2 aliphatic carbocycles. The van der Waals surface area contributed by atoms with E-state index in [-0.39, 0.29) is 34.5 Å². The van der Waals surface area contributed by atoms with E-state index in [2.05, 4.69) is 20.8 Å². The summed E-state index contributed by atoms with van der Waals surface area (Å²) in [6.45, 7) is 11.1. The summed E-state index contributed by atoms with van der Waals surface area (Å²) in [6.07, 6.45) is 4.92. The molecular formula is C20H32O5. The van der Waals surface area contributed by atoms with Crippen LogP contribution in [0.25, 0.3) is 0 Å². The summed E-state index contributed by atoms with van der Waals surface area (Å²) >= 11 is 0. The zero-order valence-electron chi connectivity index (χ0n) is 16.2. The molecule has 0 bridgehead atoms. The number of hydrogen-bond acceptors (Lipinski definition) is 5. The highest BCUT2D eigenvalue weighted by Crippen LogP contribution is 2.66. The van der Waals surface area contributed by atoms with Gasteiger partial charge in [0.25, 0.3) is 0 Å². The third kappa shape index (κ3) is 3.32. The Balaban J connectivity index is 1.91. The Morgan fingerprint density at radius 1 is 1.12 bits per heavy atom. The van der Waals surface area contributed by atoms with Gasteiger partial charge in [0.15, 0.2) is 0 Å². The lowest BCUT2D eigenvalue weighted by atomic mass is 9.45. The molecule has 1 aliphatic heterocycles. The first-order valence-corrected chi connectivity index (χ1v) is 9.55. The van der Waals surface area contributed by atoms with E-state index in [0.717, 1.165) is 32.3 Å². The van der Waals surface area contributed by atoms with E-state index in [4.69, 9.17) is 14.2 Å². The Morgan fingerprint density at radius 2 is 1.80 bits per heavy atom. The van der Waals surface area contributed by atoms with Crippen molar-refractivity contribution in [1.29, 1.82) is 0 Å². The molecule has 0 aromatic carbocycles. The molecule has 3 fully saturated rings. The summed E-state index contributed by atoms with van der Waals surface area (Å²) < 4.78 is 17.0. The molecule has 142 valence electrons. The van der Waals surface area contributed by atoms with Crippen molar-refractivity contribution in [2.45, 2.75) is 78.4 Å². The Kier molecular flexibility index (Phi) is 4.68. The molecule has 0 aromatic heterocycles. The van der Waals surface area contributed by atoms with Crippen molar-refractivity contribution < 1.29 is 23.8 Å². The zero-order chi connectivity index (χ0) is 18.5. The highest BCUT2D eigenvalue weighted by Gasteiger charge is 2.68. The van der Waals surface area contributed by atoms with Crippen molar-refractivity contribution >= 4 is 11.9 Å². The molecule has 1 heterocycles. The molecule has 1 spiro atoms. The van der Waals surface area contributed by atoms with Gasteiger partial charge in [-0.05, 0) is 36.0 Å².